The highest BCUT2D eigenvalue weighted by Crippen LogP contribution is 2.38. The van der Waals surface area contributed by atoms with Crippen LogP contribution in [0.4, 0.5) is 11.6 Å². The second-order valence-corrected chi connectivity index (χ2v) is 13.2. The van der Waals surface area contributed by atoms with Crippen molar-refractivity contribution in [2.24, 2.45) is 11.8 Å². The molecule has 2 aromatic rings. The molecule has 2 saturated heterocycles. The molecule has 37 heavy (non-hydrogen) atoms. The molecule has 1 aromatic heterocycles. The first-order chi connectivity index (χ1) is 17.8. The maximum absolute atomic E-state index is 12.6. The summed E-state index contributed by atoms with van der Waals surface area (Å²) < 4.78 is 33.3. The molecule has 1 aromatic carbocycles. The van der Waals surface area contributed by atoms with Gasteiger partial charge in [0.15, 0.2) is 0 Å². The molecule has 0 radical (unpaired) electrons. The number of anilines is 2. The van der Waals surface area contributed by atoms with Crippen molar-refractivity contribution < 1.29 is 13.2 Å². The normalized spacial score (nSPS) is 21.4. The Labute approximate surface area is 222 Å². The van der Waals surface area contributed by atoms with Gasteiger partial charge in [0.25, 0.3) is 0 Å². The van der Waals surface area contributed by atoms with Gasteiger partial charge in [-0.1, -0.05) is 27.2 Å². The van der Waals surface area contributed by atoms with Gasteiger partial charge >= 0.3 is 0 Å². The standard InChI is InChI=1S/C28H41N5O3S/c1-4-5-22-18-29-28(30-19-22)32-10-8-23(9-11-32)27-17-24-16-25(6-7-26(24)36-27)31-12-14-33(15-13-31)37(34,35)20-21(2)3/h6-7,16,18-19,21,23,27H,4-5,8-15,17,20H2,1-3H3. The quantitative estimate of drug-likeness (QED) is 0.517. The van der Waals surface area contributed by atoms with Gasteiger partial charge in [-0.05, 0) is 60.4 Å². The lowest BCUT2D eigenvalue weighted by atomic mass is 9.89. The maximum Gasteiger partial charge on any atom is 0.225 e. The van der Waals surface area contributed by atoms with Crippen LogP contribution in [0.1, 0.15) is 51.2 Å². The van der Waals surface area contributed by atoms with Crippen LogP contribution in [-0.2, 0) is 22.9 Å². The minimum Gasteiger partial charge on any atom is -0.490 e. The Morgan fingerprint density at radius 2 is 1.70 bits per heavy atom. The summed E-state index contributed by atoms with van der Waals surface area (Å²) in [4.78, 5) is 13.8. The van der Waals surface area contributed by atoms with E-state index in [1.54, 1.807) is 4.31 Å². The van der Waals surface area contributed by atoms with Crippen LogP contribution in [-0.4, -0.2) is 73.8 Å². The van der Waals surface area contributed by atoms with Crippen LogP contribution in [0.5, 0.6) is 5.75 Å². The molecule has 3 aliphatic rings. The molecule has 202 valence electrons. The topological polar surface area (TPSA) is 78.9 Å². The summed E-state index contributed by atoms with van der Waals surface area (Å²) in [5.74, 6) is 2.74. The number of fused-ring (bicyclic) bond motifs is 1. The molecule has 0 amide bonds. The number of benzene rings is 1. The number of hydrogen-bond acceptors (Lipinski definition) is 7. The van der Waals surface area contributed by atoms with Crippen LogP contribution < -0.4 is 14.5 Å². The monoisotopic (exact) mass is 527 g/mol. The highest BCUT2D eigenvalue weighted by atomic mass is 32.2. The summed E-state index contributed by atoms with van der Waals surface area (Å²) in [5, 5.41) is 0. The molecule has 0 saturated carbocycles. The minimum atomic E-state index is -3.17. The van der Waals surface area contributed by atoms with Gasteiger partial charge in [0, 0.05) is 63.8 Å². The van der Waals surface area contributed by atoms with Crippen LogP contribution >= 0.6 is 0 Å². The molecule has 3 aliphatic heterocycles. The number of nitrogens with zero attached hydrogens (tertiary/aromatic N) is 5. The van der Waals surface area contributed by atoms with Crippen molar-refractivity contribution in [3.63, 3.8) is 0 Å². The van der Waals surface area contributed by atoms with Crippen LogP contribution in [0.2, 0.25) is 0 Å². The Morgan fingerprint density at radius 3 is 2.35 bits per heavy atom. The molecule has 8 nitrogen and oxygen atoms in total. The molecule has 0 spiro atoms. The lowest BCUT2D eigenvalue weighted by molar-refractivity contribution is 0.138. The second kappa shape index (κ2) is 11.2. The fraction of sp³-hybridized carbons (Fsp3) is 0.643. The van der Waals surface area contributed by atoms with Crippen LogP contribution in [0.3, 0.4) is 0 Å². The third-order valence-corrected chi connectivity index (χ3v) is 10.1. The first kappa shape index (κ1) is 26.2. The zero-order valence-corrected chi connectivity index (χ0v) is 23.3. The van der Waals surface area contributed by atoms with Crippen molar-refractivity contribution in [3.05, 3.63) is 41.7 Å². The second-order valence-electron chi connectivity index (χ2n) is 11.2. The van der Waals surface area contributed by atoms with Crippen LogP contribution in [0.15, 0.2) is 30.6 Å². The number of aryl methyl sites for hydroxylation is 1. The van der Waals surface area contributed by atoms with E-state index >= 15 is 0 Å². The molecular weight excluding hydrogens is 486 g/mol. The average molecular weight is 528 g/mol. The van der Waals surface area contributed by atoms with Gasteiger partial charge in [0.1, 0.15) is 11.9 Å². The van der Waals surface area contributed by atoms with Crippen molar-refractivity contribution in [1.29, 1.82) is 0 Å². The van der Waals surface area contributed by atoms with E-state index in [2.05, 4.69) is 44.9 Å². The molecule has 0 bridgehead atoms. The van der Waals surface area contributed by atoms with E-state index in [0.717, 1.165) is 70.0 Å². The summed E-state index contributed by atoms with van der Waals surface area (Å²) >= 11 is 0. The zero-order chi connectivity index (χ0) is 26.0. The first-order valence-corrected chi connectivity index (χ1v) is 15.5. The zero-order valence-electron chi connectivity index (χ0n) is 22.5. The SMILES string of the molecule is CCCc1cnc(N2CCC(C3Cc4cc(N5CCN(S(=O)(=O)CC(C)C)CC5)ccc4O3)CC2)nc1. The molecule has 0 aliphatic carbocycles. The first-order valence-electron chi connectivity index (χ1n) is 13.9. The molecule has 9 heteroatoms. The Morgan fingerprint density at radius 1 is 1.00 bits per heavy atom. The van der Waals surface area contributed by atoms with Gasteiger partial charge in [0.2, 0.25) is 16.0 Å². The number of piperidine rings is 1. The molecule has 5 rings (SSSR count). The summed E-state index contributed by atoms with van der Waals surface area (Å²) in [6.45, 7) is 10.6. The van der Waals surface area contributed by atoms with Crippen LogP contribution in [0, 0.1) is 11.8 Å². The number of rotatable bonds is 8. The lowest BCUT2D eigenvalue weighted by Crippen LogP contribution is -2.49. The van der Waals surface area contributed by atoms with E-state index in [1.807, 2.05) is 26.2 Å². The van der Waals surface area contributed by atoms with E-state index in [9.17, 15) is 8.42 Å². The highest BCUT2D eigenvalue weighted by molar-refractivity contribution is 7.89. The number of aromatic nitrogens is 2. The number of hydrogen-bond donors (Lipinski definition) is 0. The smallest absolute Gasteiger partial charge is 0.225 e. The van der Waals surface area contributed by atoms with Crippen molar-refractivity contribution in [1.82, 2.24) is 14.3 Å². The third kappa shape index (κ3) is 6.03. The summed E-state index contributed by atoms with van der Waals surface area (Å²) in [7, 11) is -3.17. The molecule has 1 atom stereocenters. The van der Waals surface area contributed by atoms with Gasteiger partial charge in [-0.25, -0.2) is 18.4 Å². The summed E-state index contributed by atoms with van der Waals surface area (Å²) in [6.07, 6.45) is 9.40. The predicted octanol–water partition coefficient (Wildman–Crippen LogP) is 3.76. The molecule has 2 fully saturated rings. The Balaban J connectivity index is 1.14. The van der Waals surface area contributed by atoms with Crippen molar-refractivity contribution in [2.45, 2.75) is 59.0 Å². The van der Waals surface area contributed by atoms with Gasteiger partial charge < -0.3 is 14.5 Å². The Bertz CT molecular complexity index is 1150. The molecule has 1 unspecified atom stereocenters. The molecule has 0 N–H and O–H groups in total. The fourth-order valence-corrected chi connectivity index (χ4v) is 7.65. The van der Waals surface area contributed by atoms with Gasteiger partial charge in [-0.15, -0.1) is 0 Å². The van der Waals surface area contributed by atoms with Crippen molar-refractivity contribution in [3.8, 4) is 5.75 Å². The van der Waals surface area contributed by atoms with E-state index in [4.69, 9.17) is 4.74 Å². The van der Waals surface area contributed by atoms with Crippen molar-refractivity contribution >= 4 is 21.7 Å². The lowest BCUT2D eigenvalue weighted by Gasteiger charge is -2.35. The van der Waals surface area contributed by atoms with Gasteiger partial charge in [-0.3, -0.25) is 0 Å². The summed E-state index contributed by atoms with van der Waals surface area (Å²) in [6, 6.07) is 6.49. The Hall–Kier alpha value is -2.39. The van der Waals surface area contributed by atoms with E-state index in [1.165, 1.54) is 16.8 Å². The summed E-state index contributed by atoms with van der Waals surface area (Å²) in [5.41, 5.74) is 3.65. The highest BCUT2D eigenvalue weighted by Gasteiger charge is 2.34. The third-order valence-electron chi connectivity index (χ3n) is 7.86. The predicted molar refractivity (Wildman–Crippen MR) is 148 cm³/mol. The number of piperazine rings is 1. The number of sulfonamides is 1. The average Bonchev–Trinajstić information content (AvgIpc) is 3.32. The van der Waals surface area contributed by atoms with Gasteiger partial charge in [-0.2, -0.15) is 4.31 Å². The molecule has 4 heterocycles. The maximum atomic E-state index is 12.6. The van der Waals surface area contributed by atoms with Crippen molar-refractivity contribution in [2.75, 3.05) is 54.8 Å². The number of ether oxygens (including phenoxy) is 1. The minimum absolute atomic E-state index is 0.144. The van der Waals surface area contributed by atoms with E-state index in [-0.39, 0.29) is 17.8 Å². The largest absolute Gasteiger partial charge is 0.490 e. The van der Waals surface area contributed by atoms with E-state index < -0.39 is 10.0 Å². The van der Waals surface area contributed by atoms with E-state index in [0.29, 0.717) is 19.0 Å². The fourth-order valence-electron chi connectivity index (χ4n) is 5.87. The Kier molecular flexibility index (Phi) is 7.91. The van der Waals surface area contributed by atoms with Crippen LogP contribution in [0.25, 0.3) is 0 Å². The molecular formula is C28H41N5O3S. The van der Waals surface area contributed by atoms with Gasteiger partial charge in [0.05, 0.1) is 5.75 Å².